The number of thiophene rings is 1. The van der Waals surface area contributed by atoms with Gasteiger partial charge in [0.1, 0.15) is 0 Å². The van der Waals surface area contributed by atoms with Crippen molar-refractivity contribution in [2.24, 2.45) is 5.92 Å². The second-order valence-corrected chi connectivity index (χ2v) is 11.2. The maximum Gasteiger partial charge on any atom is 0.244 e. The highest BCUT2D eigenvalue weighted by atomic mass is 35.5. The Labute approximate surface area is 195 Å². The zero-order chi connectivity index (χ0) is 22.9. The van der Waals surface area contributed by atoms with E-state index in [0.29, 0.717) is 58.0 Å². The number of halogens is 1. The van der Waals surface area contributed by atoms with Gasteiger partial charge in [-0.2, -0.15) is 9.29 Å². The Kier molecular flexibility index (Phi) is 6.66. The topological polar surface area (TPSA) is 105 Å². The van der Waals surface area contributed by atoms with Crippen molar-refractivity contribution in [2.45, 2.75) is 38.0 Å². The molecule has 1 aliphatic heterocycles. The number of benzene rings is 1. The third-order valence-corrected chi connectivity index (χ3v) is 8.73. The third kappa shape index (κ3) is 4.73. The van der Waals surface area contributed by atoms with Crippen LogP contribution in [0.2, 0.25) is 5.02 Å². The minimum Gasteiger partial charge on any atom is -0.339 e. The highest BCUT2D eigenvalue weighted by molar-refractivity contribution is 7.89. The molecule has 1 N–H and O–H groups in total. The van der Waals surface area contributed by atoms with Crippen LogP contribution < -0.4 is 5.32 Å². The Morgan fingerprint density at radius 1 is 1.38 bits per heavy atom. The van der Waals surface area contributed by atoms with Gasteiger partial charge in [0.15, 0.2) is 0 Å². The van der Waals surface area contributed by atoms with Gasteiger partial charge in [-0.3, -0.25) is 4.79 Å². The molecule has 1 aromatic carbocycles. The predicted octanol–water partition coefficient (Wildman–Crippen LogP) is 4.36. The number of carbonyl (C=O) groups excluding carboxylic acids is 1. The van der Waals surface area contributed by atoms with Crippen LogP contribution in [0.3, 0.4) is 0 Å². The zero-order valence-electron chi connectivity index (χ0n) is 17.7. The molecule has 0 saturated carbocycles. The number of hydrogen-bond acceptors (Lipinski definition) is 7. The molecule has 4 rings (SSSR count). The fourth-order valence-corrected chi connectivity index (χ4v) is 6.85. The molecule has 1 aliphatic rings. The summed E-state index contributed by atoms with van der Waals surface area (Å²) in [6, 6.07) is 8.48. The third-order valence-electron chi connectivity index (χ3n) is 5.33. The van der Waals surface area contributed by atoms with Gasteiger partial charge in [-0.25, -0.2) is 8.42 Å². The summed E-state index contributed by atoms with van der Waals surface area (Å²) in [4.78, 5) is 18.6. The number of piperidine rings is 1. The lowest BCUT2D eigenvalue weighted by molar-refractivity contribution is -0.120. The summed E-state index contributed by atoms with van der Waals surface area (Å²) in [5.41, 5.74) is 0.590. The van der Waals surface area contributed by atoms with Crippen LogP contribution in [-0.2, 0) is 21.2 Å². The smallest absolute Gasteiger partial charge is 0.244 e. The molecular weight excluding hydrogens is 472 g/mol. The first-order valence-corrected chi connectivity index (χ1v) is 12.9. The van der Waals surface area contributed by atoms with E-state index in [1.807, 2.05) is 6.92 Å². The maximum atomic E-state index is 13.4. The largest absolute Gasteiger partial charge is 0.339 e. The van der Waals surface area contributed by atoms with Gasteiger partial charge in [0.25, 0.3) is 0 Å². The van der Waals surface area contributed by atoms with Gasteiger partial charge in [0.2, 0.25) is 27.6 Å². The van der Waals surface area contributed by atoms with Crippen LogP contribution in [0, 0.1) is 12.8 Å². The summed E-state index contributed by atoms with van der Waals surface area (Å²) in [5, 5.41) is 7.30. The maximum absolute atomic E-state index is 13.4. The summed E-state index contributed by atoms with van der Waals surface area (Å²) in [6.07, 6.45) is 1.83. The van der Waals surface area contributed by atoms with Gasteiger partial charge in [0, 0.05) is 35.1 Å². The Hall–Kier alpha value is -2.27. The molecule has 1 atom stereocenters. The van der Waals surface area contributed by atoms with E-state index < -0.39 is 15.9 Å². The van der Waals surface area contributed by atoms with Crippen molar-refractivity contribution in [3.63, 3.8) is 0 Å². The molecule has 0 aliphatic carbocycles. The fourth-order valence-electron chi connectivity index (χ4n) is 3.65. The molecule has 3 aromatic rings. The van der Waals surface area contributed by atoms with E-state index in [2.05, 4.69) is 15.5 Å². The first kappa shape index (κ1) is 22.9. The van der Waals surface area contributed by atoms with E-state index in [1.165, 1.54) is 15.6 Å². The van der Waals surface area contributed by atoms with Crippen LogP contribution in [0.1, 0.15) is 30.5 Å². The fraction of sp³-hybridized carbons (Fsp3) is 0.381. The average Bonchev–Trinajstić information content (AvgIpc) is 3.40. The Balaban J connectivity index is 1.52. The van der Waals surface area contributed by atoms with Gasteiger partial charge in [0.05, 0.1) is 15.7 Å². The van der Waals surface area contributed by atoms with E-state index in [0.717, 1.165) is 0 Å². The van der Waals surface area contributed by atoms with Crippen molar-refractivity contribution in [2.75, 3.05) is 18.4 Å². The second kappa shape index (κ2) is 9.30. The molecule has 1 saturated heterocycles. The van der Waals surface area contributed by atoms with Crippen LogP contribution in [0.5, 0.6) is 0 Å². The summed E-state index contributed by atoms with van der Waals surface area (Å²) < 4.78 is 33.4. The number of amides is 1. The Bertz CT molecular complexity index is 1240. The molecule has 1 amide bonds. The van der Waals surface area contributed by atoms with Crippen LogP contribution >= 0.6 is 22.9 Å². The highest BCUT2D eigenvalue weighted by Crippen LogP contribution is 2.35. The number of aryl methyl sites for hydroxylation is 2. The molecule has 0 unspecified atom stereocenters. The zero-order valence-corrected chi connectivity index (χ0v) is 20.1. The molecule has 8 nitrogen and oxygen atoms in total. The van der Waals surface area contributed by atoms with Crippen LogP contribution in [-0.4, -0.2) is 41.9 Å². The number of sulfonamides is 1. The molecule has 170 valence electrons. The van der Waals surface area contributed by atoms with Crippen molar-refractivity contribution < 1.29 is 17.7 Å². The minimum absolute atomic E-state index is 0.127. The quantitative estimate of drug-likeness (QED) is 0.545. The second-order valence-electron chi connectivity index (χ2n) is 7.60. The van der Waals surface area contributed by atoms with Crippen molar-refractivity contribution in [1.29, 1.82) is 0 Å². The normalized spacial score (nSPS) is 17.4. The van der Waals surface area contributed by atoms with Gasteiger partial charge >= 0.3 is 0 Å². The predicted molar refractivity (Wildman–Crippen MR) is 123 cm³/mol. The molecule has 2 aromatic heterocycles. The van der Waals surface area contributed by atoms with Gasteiger partial charge in [-0.15, -0.1) is 11.3 Å². The monoisotopic (exact) mass is 494 g/mol. The van der Waals surface area contributed by atoms with Gasteiger partial charge in [-0.05, 0) is 44.0 Å². The van der Waals surface area contributed by atoms with E-state index in [-0.39, 0.29) is 17.3 Å². The molecule has 32 heavy (non-hydrogen) atoms. The van der Waals surface area contributed by atoms with Crippen molar-refractivity contribution >= 4 is 44.6 Å². The summed E-state index contributed by atoms with van der Waals surface area (Å²) >= 11 is 7.29. The average molecular weight is 495 g/mol. The molecule has 1 fully saturated rings. The first-order valence-electron chi connectivity index (χ1n) is 10.3. The van der Waals surface area contributed by atoms with Gasteiger partial charge in [-0.1, -0.05) is 29.7 Å². The van der Waals surface area contributed by atoms with Crippen LogP contribution in [0.15, 0.2) is 39.8 Å². The number of hydrogen-bond donors (Lipinski definition) is 1. The molecular formula is C21H23ClN4O4S2. The van der Waals surface area contributed by atoms with Gasteiger partial charge < -0.3 is 9.84 Å². The summed E-state index contributed by atoms with van der Waals surface area (Å²) in [6.45, 7) is 4.16. The van der Waals surface area contributed by atoms with E-state index in [1.54, 1.807) is 37.3 Å². The number of nitrogens with one attached hydrogen (secondary N) is 1. The van der Waals surface area contributed by atoms with Crippen LogP contribution in [0.4, 0.5) is 5.69 Å². The van der Waals surface area contributed by atoms with Crippen molar-refractivity contribution in [3.8, 4) is 10.7 Å². The minimum atomic E-state index is -3.77. The van der Waals surface area contributed by atoms with E-state index in [4.69, 9.17) is 16.1 Å². The van der Waals surface area contributed by atoms with Crippen molar-refractivity contribution in [1.82, 2.24) is 14.4 Å². The number of rotatable bonds is 6. The lowest BCUT2D eigenvalue weighted by Crippen LogP contribution is -2.43. The van der Waals surface area contributed by atoms with E-state index >= 15 is 0 Å². The molecule has 0 radical (unpaired) electrons. The number of nitrogens with zero attached hydrogens (tertiary/aromatic N) is 3. The molecule has 3 heterocycles. The Morgan fingerprint density at radius 2 is 2.19 bits per heavy atom. The van der Waals surface area contributed by atoms with Crippen LogP contribution in [0.25, 0.3) is 10.7 Å². The molecule has 0 bridgehead atoms. The molecule has 11 heteroatoms. The summed E-state index contributed by atoms with van der Waals surface area (Å²) in [5.74, 6) is 0.225. The standard InChI is InChI=1S/C21H23ClN4O4S2/c1-3-19-24-20(25-30-19)17-11-18(13(2)31-17)32(28,29)26-9-5-6-14(12-26)21(27)23-16-8-4-7-15(22)10-16/h4,7-8,10-11,14H,3,5-6,9,12H2,1-2H3,(H,23,27)/t14-/m0/s1. The number of carbonyl (C=O) groups is 1. The molecule has 0 spiro atoms. The van der Waals surface area contributed by atoms with E-state index in [9.17, 15) is 13.2 Å². The van der Waals surface area contributed by atoms with Crippen molar-refractivity contribution in [3.05, 3.63) is 46.1 Å². The highest BCUT2D eigenvalue weighted by Gasteiger charge is 2.35. The summed E-state index contributed by atoms with van der Waals surface area (Å²) in [7, 11) is -3.77. The lowest BCUT2D eigenvalue weighted by Gasteiger charge is -2.31. The number of aromatic nitrogens is 2. The first-order chi connectivity index (χ1) is 15.3. The Morgan fingerprint density at radius 3 is 2.91 bits per heavy atom. The lowest BCUT2D eigenvalue weighted by atomic mass is 9.99. The number of anilines is 1. The SMILES string of the molecule is CCc1nc(-c2cc(S(=O)(=O)N3CCC[C@H](C(=O)Nc4cccc(Cl)c4)C3)c(C)s2)no1.